The van der Waals surface area contributed by atoms with E-state index in [-0.39, 0.29) is 6.04 Å². The van der Waals surface area contributed by atoms with Crippen LogP contribution in [0.5, 0.6) is 0 Å². The Morgan fingerprint density at radius 1 is 1.48 bits per heavy atom. The van der Waals surface area contributed by atoms with Gasteiger partial charge in [0.25, 0.3) is 0 Å². The molecule has 0 saturated heterocycles. The molecule has 1 aromatic rings. The van der Waals surface area contributed by atoms with Crippen LogP contribution in [0.1, 0.15) is 18.0 Å². The van der Waals surface area contributed by atoms with Gasteiger partial charge in [-0.15, -0.1) is 0 Å². The number of nitrogens with one attached hydrogen (secondary N) is 2. The first-order valence-corrected chi connectivity index (χ1v) is 7.17. The number of nitrogens with zero attached hydrogens (tertiary/aromatic N) is 4. The van der Waals surface area contributed by atoms with E-state index in [4.69, 9.17) is 4.74 Å². The quantitative estimate of drug-likeness (QED) is 0.408. The van der Waals surface area contributed by atoms with E-state index < -0.39 is 0 Å². The summed E-state index contributed by atoms with van der Waals surface area (Å²) in [4.78, 5) is 6.40. The van der Waals surface area contributed by atoms with Gasteiger partial charge in [-0.3, -0.25) is 9.67 Å². The molecule has 0 fully saturated rings. The molecule has 1 rings (SSSR count). The van der Waals surface area contributed by atoms with Gasteiger partial charge in [-0.2, -0.15) is 5.10 Å². The van der Waals surface area contributed by atoms with Crippen molar-refractivity contribution in [2.75, 3.05) is 47.9 Å². The molecule has 0 aliphatic heterocycles. The van der Waals surface area contributed by atoms with Gasteiger partial charge in [0, 0.05) is 52.7 Å². The summed E-state index contributed by atoms with van der Waals surface area (Å²) in [6.45, 7) is 2.36. The number of aryl methyl sites for hydroxylation is 1. The Bertz CT molecular complexity index is 429. The molecular weight excluding hydrogens is 268 g/mol. The second-order valence-electron chi connectivity index (χ2n) is 5.15. The maximum Gasteiger partial charge on any atom is 0.191 e. The van der Waals surface area contributed by atoms with E-state index in [1.54, 1.807) is 14.2 Å². The average Bonchev–Trinajstić information content (AvgIpc) is 2.87. The van der Waals surface area contributed by atoms with Crippen LogP contribution in [0.2, 0.25) is 0 Å². The molecule has 1 heterocycles. The third kappa shape index (κ3) is 6.14. The van der Waals surface area contributed by atoms with Crippen LogP contribution >= 0.6 is 0 Å². The molecule has 0 spiro atoms. The minimum absolute atomic E-state index is 0.247. The second kappa shape index (κ2) is 9.36. The van der Waals surface area contributed by atoms with Gasteiger partial charge >= 0.3 is 0 Å². The molecule has 0 amide bonds. The van der Waals surface area contributed by atoms with Crippen molar-refractivity contribution in [3.8, 4) is 0 Å². The zero-order valence-electron chi connectivity index (χ0n) is 13.8. The second-order valence-corrected chi connectivity index (χ2v) is 5.15. The predicted molar refractivity (Wildman–Crippen MR) is 85.5 cm³/mol. The van der Waals surface area contributed by atoms with Crippen LogP contribution < -0.4 is 10.6 Å². The molecule has 0 bridgehead atoms. The highest BCUT2D eigenvalue weighted by molar-refractivity contribution is 5.79. The molecule has 7 heteroatoms. The van der Waals surface area contributed by atoms with E-state index in [2.05, 4.69) is 39.7 Å². The zero-order valence-corrected chi connectivity index (χ0v) is 13.8. The summed E-state index contributed by atoms with van der Waals surface area (Å²) < 4.78 is 6.85. The number of guanidine groups is 1. The fourth-order valence-electron chi connectivity index (χ4n) is 2.05. The van der Waals surface area contributed by atoms with Crippen LogP contribution in [-0.4, -0.2) is 68.6 Å². The molecule has 2 N–H and O–H groups in total. The monoisotopic (exact) mass is 296 g/mol. The number of aliphatic imine (C=N–C) groups is 1. The van der Waals surface area contributed by atoms with Crippen LogP contribution in [0.15, 0.2) is 17.4 Å². The highest BCUT2D eigenvalue weighted by atomic mass is 16.5. The van der Waals surface area contributed by atoms with Gasteiger partial charge in [0.2, 0.25) is 0 Å². The van der Waals surface area contributed by atoms with Gasteiger partial charge in [0.05, 0.1) is 12.2 Å². The summed E-state index contributed by atoms with van der Waals surface area (Å²) in [5.74, 6) is 0.807. The van der Waals surface area contributed by atoms with Crippen molar-refractivity contribution < 1.29 is 4.74 Å². The fourth-order valence-corrected chi connectivity index (χ4v) is 2.05. The summed E-state index contributed by atoms with van der Waals surface area (Å²) in [6, 6.07) is 0.247. The number of aromatic nitrogens is 2. The van der Waals surface area contributed by atoms with Crippen molar-refractivity contribution in [1.29, 1.82) is 0 Å². The topological polar surface area (TPSA) is 66.7 Å². The molecule has 120 valence electrons. The van der Waals surface area contributed by atoms with Crippen molar-refractivity contribution >= 4 is 5.96 Å². The predicted octanol–water partition coefficient (Wildman–Crippen LogP) is 0.224. The van der Waals surface area contributed by atoms with Crippen molar-refractivity contribution in [2.24, 2.45) is 12.0 Å². The van der Waals surface area contributed by atoms with Crippen molar-refractivity contribution in [1.82, 2.24) is 25.3 Å². The fraction of sp³-hybridized carbons (Fsp3) is 0.714. The first kappa shape index (κ1) is 17.5. The van der Waals surface area contributed by atoms with Crippen LogP contribution in [-0.2, 0) is 11.8 Å². The molecule has 7 nitrogen and oxygen atoms in total. The van der Waals surface area contributed by atoms with Crippen molar-refractivity contribution in [2.45, 2.75) is 12.5 Å². The molecule has 1 aromatic heterocycles. The Morgan fingerprint density at radius 2 is 2.24 bits per heavy atom. The lowest BCUT2D eigenvalue weighted by atomic mass is 10.1. The van der Waals surface area contributed by atoms with Crippen LogP contribution in [0, 0.1) is 0 Å². The van der Waals surface area contributed by atoms with Gasteiger partial charge < -0.3 is 20.3 Å². The number of ether oxygens (including phenoxy) is 1. The van der Waals surface area contributed by atoms with Crippen LogP contribution in [0.25, 0.3) is 0 Å². The number of likely N-dealkylation sites (N-methyl/N-ethyl adjacent to an activating group) is 1. The Morgan fingerprint density at radius 3 is 2.76 bits per heavy atom. The lowest BCUT2D eigenvalue weighted by Gasteiger charge is -2.24. The van der Waals surface area contributed by atoms with Crippen LogP contribution in [0.4, 0.5) is 0 Å². The van der Waals surface area contributed by atoms with Crippen molar-refractivity contribution in [3.63, 3.8) is 0 Å². The van der Waals surface area contributed by atoms with E-state index in [9.17, 15) is 0 Å². The Balaban J connectivity index is 2.48. The van der Waals surface area contributed by atoms with Gasteiger partial charge in [0.1, 0.15) is 0 Å². The third-order valence-corrected chi connectivity index (χ3v) is 3.24. The Hall–Kier alpha value is -1.60. The van der Waals surface area contributed by atoms with Crippen LogP contribution in [0.3, 0.4) is 0 Å². The average molecular weight is 296 g/mol. The molecule has 1 atom stereocenters. The first-order valence-electron chi connectivity index (χ1n) is 7.17. The summed E-state index contributed by atoms with van der Waals surface area (Å²) in [7, 11) is 9.55. The smallest absolute Gasteiger partial charge is 0.191 e. The SMILES string of the molecule is CN=C(NCCCOC)NCC(c1cnn(C)c1)N(C)C. The van der Waals surface area contributed by atoms with E-state index in [1.165, 1.54) is 5.56 Å². The lowest BCUT2D eigenvalue weighted by molar-refractivity contribution is 0.195. The molecule has 0 radical (unpaired) electrons. The summed E-state index contributed by atoms with van der Waals surface area (Å²) in [6.07, 6.45) is 4.90. The molecule has 1 unspecified atom stereocenters. The summed E-state index contributed by atoms with van der Waals surface area (Å²) in [5.41, 5.74) is 1.19. The minimum Gasteiger partial charge on any atom is -0.385 e. The maximum atomic E-state index is 5.03. The van der Waals surface area contributed by atoms with Gasteiger partial charge in [-0.05, 0) is 20.5 Å². The van der Waals surface area contributed by atoms with Gasteiger partial charge in [-0.1, -0.05) is 0 Å². The lowest BCUT2D eigenvalue weighted by Crippen LogP contribution is -2.42. The Kier molecular flexibility index (Phi) is 7.78. The van der Waals surface area contributed by atoms with E-state index >= 15 is 0 Å². The summed E-state index contributed by atoms with van der Waals surface area (Å²) in [5, 5.41) is 10.9. The van der Waals surface area contributed by atoms with E-state index in [0.29, 0.717) is 0 Å². The number of rotatable bonds is 8. The molecule has 21 heavy (non-hydrogen) atoms. The largest absolute Gasteiger partial charge is 0.385 e. The third-order valence-electron chi connectivity index (χ3n) is 3.24. The Labute approximate surface area is 127 Å². The molecule has 0 saturated carbocycles. The molecule has 0 aromatic carbocycles. The van der Waals surface area contributed by atoms with Gasteiger partial charge in [0.15, 0.2) is 5.96 Å². The zero-order chi connectivity index (χ0) is 15.7. The number of methoxy groups -OCH3 is 1. The highest BCUT2D eigenvalue weighted by Crippen LogP contribution is 2.15. The standard InChI is InChI=1S/C14H28N6O/c1-15-14(16-7-6-8-21-5)17-10-13(19(2)3)12-9-18-20(4)11-12/h9,11,13H,6-8,10H2,1-5H3,(H2,15,16,17). The normalized spacial score (nSPS) is 13.5. The molecule has 0 aliphatic carbocycles. The maximum absolute atomic E-state index is 5.03. The molecular formula is C14H28N6O. The first-order chi connectivity index (χ1) is 10.1. The highest BCUT2D eigenvalue weighted by Gasteiger charge is 2.16. The van der Waals surface area contributed by atoms with E-state index in [0.717, 1.165) is 32.1 Å². The van der Waals surface area contributed by atoms with Crippen molar-refractivity contribution in [3.05, 3.63) is 18.0 Å². The number of hydrogen-bond donors (Lipinski definition) is 2. The van der Waals surface area contributed by atoms with Gasteiger partial charge in [-0.25, -0.2) is 0 Å². The summed E-state index contributed by atoms with van der Waals surface area (Å²) >= 11 is 0. The number of hydrogen-bond acceptors (Lipinski definition) is 4. The molecule has 0 aliphatic rings. The minimum atomic E-state index is 0.247. The van der Waals surface area contributed by atoms with E-state index in [1.807, 2.05) is 24.1 Å².